The van der Waals surface area contributed by atoms with E-state index in [9.17, 15) is 14.4 Å². The molecule has 0 saturated heterocycles. The number of ether oxygens (including phenoxy) is 1. The van der Waals surface area contributed by atoms with Crippen molar-refractivity contribution in [2.75, 3.05) is 13.2 Å². The van der Waals surface area contributed by atoms with E-state index in [-0.39, 0.29) is 24.8 Å². The summed E-state index contributed by atoms with van der Waals surface area (Å²) in [5, 5.41) is 14.0. The topological polar surface area (TPSA) is 105 Å². The first-order valence-electron chi connectivity index (χ1n) is 9.22. The maximum atomic E-state index is 12.4. The van der Waals surface area contributed by atoms with Crippen LogP contribution >= 0.6 is 0 Å². The van der Waals surface area contributed by atoms with Gasteiger partial charge in [-0.05, 0) is 25.7 Å². The van der Waals surface area contributed by atoms with Gasteiger partial charge in [-0.3, -0.25) is 14.4 Å². The molecule has 0 heterocycles. The number of aliphatic carboxylic acids is 1. The van der Waals surface area contributed by atoms with Crippen LogP contribution in [-0.2, 0) is 19.1 Å². The van der Waals surface area contributed by atoms with Crippen molar-refractivity contribution in [3.8, 4) is 0 Å². The summed E-state index contributed by atoms with van der Waals surface area (Å²) >= 11 is 0. The summed E-state index contributed by atoms with van der Waals surface area (Å²) in [4.78, 5) is 35.0. The number of hydrogen-bond donors (Lipinski definition) is 3. The Hall–Kier alpha value is -1.63. The molecule has 0 aromatic rings. The molecule has 0 aliphatic heterocycles. The van der Waals surface area contributed by atoms with Crippen LogP contribution in [0.5, 0.6) is 0 Å². The average Bonchev–Trinajstić information content (AvgIpc) is 2.57. The van der Waals surface area contributed by atoms with Gasteiger partial charge < -0.3 is 20.5 Å². The monoisotopic (exact) mass is 356 g/mol. The standard InChI is InChI=1S/C18H32N2O5/c1-12(2)17(23)20-16(18(24)19-10-9-15(21)22)13(3)25-11-14-7-5-4-6-8-14/h12-14,16H,4-11H2,1-3H3,(H,19,24)(H,20,23)(H,21,22). The fourth-order valence-electron chi connectivity index (χ4n) is 2.86. The molecule has 0 aromatic heterocycles. The Morgan fingerprint density at radius 3 is 2.28 bits per heavy atom. The first-order valence-corrected chi connectivity index (χ1v) is 9.22. The van der Waals surface area contributed by atoms with E-state index >= 15 is 0 Å². The maximum absolute atomic E-state index is 12.4. The lowest BCUT2D eigenvalue weighted by molar-refractivity contribution is -0.137. The molecule has 7 nitrogen and oxygen atoms in total. The lowest BCUT2D eigenvalue weighted by atomic mass is 9.90. The highest BCUT2D eigenvalue weighted by Gasteiger charge is 2.29. The Balaban J connectivity index is 2.58. The molecule has 0 aromatic carbocycles. The molecule has 1 saturated carbocycles. The number of carbonyl (C=O) groups is 3. The van der Waals surface area contributed by atoms with E-state index in [1.165, 1.54) is 19.3 Å². The molecule has 0 radical (unpaired) electrons. The Bertz CT molecular complexity index is 447. The molecule has 2 unspecified atom stereocenters. The predicted octanol–water partition coefficient (Wildman–Crippen LogP) is 1.70. The van der Waals surface area contributed by atoms with Crippen molar-refractivity contribution >= 4 is 17.8 Å². The number of nitrogens with one attached hydrogen (secondary N) is 2. The number of carboxylic acid groups (broad SMARTS) is 1. The van der Waals surface area contributed by atoms with Crippen LogP contribution in [-0.4, -0.2) is 48.2 Å². The third kappa shape index (κ3) is 8.34. The lowest BCUT2D eigenvalue weighted by Gasteiger charge is -2.28. The third-order valence-corrected chi connectivity index (χ3v) is 4.53. The van der Waals surface area contributed by atoms with Crippen LogP contribution in [0.25, 0.3) is 0 Å². The zero-order chi connectivity index (χ0) is 18.8. The SMILES string of the molecule is CC(C)C(=O)NC(C(=O)NCCC(=O)O)C(C)OCC1CCCCC1. The second kappa shape index (κ2) is 11.1. The van der Waals surface area contributed by atoms with Gasteiger partial charge in [-0.1, -0.05) is 33.1 Å². The summed E-state index contributed by atoms with van der Waals surface area (Å²) in [5.41, 5.74) is 0. The van der Waals surface area contributed by atoms with Gasteiger partial charge in [0, 0.05) is 19.1 Å². The van der Waals surface area contributed by atoms with Crippen LogP contribution in [0.4, 0.5) is 0 Å². The van der Waals surface area contributed by atoms with E-state index in [4.69, 9.17) is 9.84 Å². The van der Waals surface area contributed by atoms with Gasteiger partial charge in [0.05, 0.1) is 12.5 Å². The quantitative estimate of drug-likeness (QED) is 0.553. The molecule has 0 bridgehead atoms. The van der Waals surface area contributed by atoms with E-state index in [1.807, 2.05) is 0 Å². The maximum Gasteiger partial charge on any atom is 0.305 e. The Morgan fingerprint density at radius 1 is 1.08 bits per heavy atom. The minimum absolute atomic E-state index is 0.0254. The van der Waals surface area contributed by atoms with Gasteiger partial charge in [-0.25, -0.2) is 0 Å². The molecule has 3 N–H and O–H groups in total. The summed E-state index contributed by atoms with van der Waals surface area (Å²) in [6.07, 6.45) is 5.34. The van der Waals surface area contributed by atoms with E-state index < -0.39 is 24.0 Å². The third-order valence-electron chi connectivity index (χ3n) is 4.53. The molecular weight excluding hydrogens is 324 g/mol. The summed E-state index contributed by atoms with van der Waals surface area (Å²) in [6, 6.07) is -0.827. The minimum atomic E-state index is -0.982. The van der Waals surface area contributed by atoms with Crippen molar-refractivity contribution in [3.63, 3.8) is 0 Å². The first-order chi connectivity index (χ1) is 11.8. The molecule has 1 aliphatic carbocycles. The van der Waals surface area contributed by atoms with Crippen molar-refractivity contribution in [2.24, 2.45) is 11.8 Å². The van der Waals surface area contributed by atoms with Gasteiger partial charge in [0.15, 0.2) is 0 Å². The van der Waals surface area contributed by atoms with Crippen molar-refractivity contribution in [2.45, 2.75) is 71.4 Å². The second-order valence-corrected chi connectivity index (χ2v) is 7.12. The molecule has 2 amide bonds. The van der Waals surface area contributed by atoms with Gasteiger partial charge in [0.2, 0.25) is 11.8 Å². The van der Waals surface area contributed by atoms with Gasteiger partial charge in [-0.15, -0.1) is 0 Å². The largest absolute Gasteiger partial charge is 0.481 e. The molecule has 7 heteroatoms. The smallest absolute Gasteiger partial charge is 0.305 e. The number of rotatable bonds is 10. The number of carbonyl (C=O) groups excluding carboxylic acids is 2. The molecule has 1 fully saturated rings. The number of amides is 2. The van der Waals surface area contributed by atoms with Crippen molar-refractivity contribution < 1.29 is 24.2 Å². The number of hydrogen-bond acceptors (Lipinski definition) is 4. The van der Waals surface area contributed by atoms with E-state index in [0.717, 1.165) is 12.8 Å². The normalized spacial score (nSPS) is 17.8. The minimum Gasteiger partial charge on any atom is -0.481 e. The van der Waals surface area contributed by atoms with Crippen molar-refractivity contribution in [1.82, 2.24) is 10.6 Å². The Labute approximate surface area is 149 Å². The predicted molar refractivity (Wildman–Crippen MR) is 94.0 cm³/mol. The van der Waals surface area contributed by atoms with E-state index in [1.54, 1.807) is 20.8 Å². The van der Waals surface area contributed by atoms with Crippen molar-refractivity contribution in [3.05, 3.63) is 0 Å². The van der Waals surface area contributed by atoms with Crippen molar-refractivity contribution in [1.29, 1.82) is 0 Å². The molecule has 0 spiro atoms. The molecule has 1 rings (SSSR count). The fraction of sp³-hybridized carbons (Fsp3) is 0.833. The highest BCUT2D eigenvalue weighted by molar-refractivity contribution is 5.88. The van der Waals surface area contributed by atoms with Crippen LogP contribution in [0.15, 0.2) is 0 Å². The average molecular weight is 356 g/mol. The van der Waals surface area contributed by atoms with Gasteiger partial charge >= 0.3 is 5.97 Å². The molecule has 2 atom stereocenters. The van der Waals surface area contributed by atoms with Gasteiger partial charge in [0.25, 0.3) is 0 Å². The van der Waals surface area contributed by atoms with Gasteiger partial charge in [-0.2, -0.15) is 0 Å². The van der Waals surface area contributed by atoms with E-state index in [0.29, 0.717) is 12.5 Å². The van der Waals surface area contributed by atoms with E-state index in [2.05, 4.69) is 10.6 Å². The Kier molecular flexibility index (Phi) is 9.49. The van der Waals surface area contributed by atoms with Gasteiger partial charge in [0.1, 0.15) is 6.04 Å². The lowest BCUT2D eigenvalue weighted by Crippen LogP contribution is -2.54. The van der Waals surface area contributed by atoms with Crippen LogP contribution in [0.2, 0.25) is 0 Å². The number of carboxylic acids is 1. The Morgan fingerprint density at radius 2 is 1.72 bits per heavy atom. The van der Waals surface area contributed by atoms with Crippen LogP contribution in [0, 0.1) is 11.8 Å². The van der Waals surface area contributed by atoms with Crippen LogP contribution < -0.4 is 10.6 Å². The van der Waals surface area contributed by atoms with Crippen LogP contribution in [0.3, 0.4) is 0 Å². The second-order valence-electron chi connectivity index (χ2n) is 7.12. The zero-order valence-corrected chi connectivity index (χ0v) is 15.5. The highest BCUT2D eigenvalue weighted by Crippen LogP contribution is 2.24. The summed E-state index contributed by atoms with van der Waals surface area (Å²) in [7, 11) is 0. The molecule has 1 aliphatic rings. The molecular formula is C18H32N2O5. The fourth-order valence-corrected chi connectivity index (χ4v) is 2.86. The molecule has 25 heavy (non-hydrogen) atoms. The first kappa shape index (κ1) is 21.4. The zero-order valence-electron chi connectivity index (χ0n) is 15.5. The summed E-state index contributed by atoms with van der Waals surface area (Å²) in [5.74, 6) is -1.37. The molecule has 144 valence electrons. The highest BCUT2D eigenvalue weighted by atomic mass is 16.5. The summed E-state index contributed by atoms with van der Waals surface area (Å²) in [6.45, 7) is 5.88. The summed E-state index contributed by atoms with van der Waals surface area (Å²) < 4.78 is 5.88. The van der Waals surface area contributed by atoms with Crippen LogP contribution in [0.1, 0.15) is 59.3 Å².